The van der Waals surface area contributed by atoms with E-state index in [1.807, 2.05) is 60.7 Å². The third kappa shape index (κ3) is 3.28. The van der Waals surface area contributed by atoms with Gasteiger partial charge < -0.3 is 10.2 Å². The molecule has 1 aliphatic carbocycles. The minimum atomic E-state index is -0.463. The summed E-state index contributed by atoms with van der Waals surface area (Å²) in [5.74, 6) is 0.519. The van der Waals surface area contributed by atoms with Crippen molar-refractivity contribution in [1.82, 2.24) is 0 Å². The van der Waals surface area contributed by atoms with Crippen molar-refractivity contribution in [3.8, 4) is 11.5 Å². The van der Waals surface area contributed by atoms with E-state index < -0.39 is 5.41 Å². The number of rotatable bonds is 4. The summed E-state index contributed by atoms with van der Waals surface area (Å²) in [6, 6.07) is 30.3. The van der Waals surface area contributed by atoms with Gasteiger partial charge in [0, 0.05) is 16.5 Å². The van der Waals surface area contributed by atoms with Crippen LogP contribution in [0.15, 0.2) is 97.1 Å². The van der Waals surface area contributed by atoms with Gasteiger partial charge in [-0.2, -0.15) is 0 Å². The lowest BCUT2D eigenvalue weighted by molar-refractivity contribution is 0.102. The Hall–Kier alpha value is -3.85. The van der Waals surface area contributed by atoms with Crippen LogP contribution < -0.4 is 0 Å². The number of phenols is 2. The number of aromatic hydroxyl groups is 2. The van der Waals surface area contributed by atoms with E-state index in [2.05, 4.69) is 12.1 Å². The van der Waals surface area contributed by atoms with Crippen LogP contribution in [0, 0.1) is 0 Å². The highest BCUT2D eigenvalue weighted by atomic mass is 16.3. The maximum atomic E-state index is 13.3. The Morgan fingerprint density at radius 1 is 0.548 bits per heavy atom. The van der Waals surface area contributed by atoms with Crippen LogP contribution in [0.3, 0.4) is 0 Å². The number of carbonyl (C=O) groups excluding carboxylic acids is 1. The molecule has 0 radical (unpaired) electrons. The number of hydrogen-bond donors (Lipinski definition) is 2. The lowest BCUT2D eigenvalue weighted by Gasteiger charge is -2.41. The normalized spacial score (nSPS) is 14.0. The predicted octanol–water partition coefficient (Wildman–Crippen LogP) is 5.41. The summed E-state index contributed by atoms with van der Waals surface area (Å²) in [5, 5.41) is 19.5. The van der Waals surface area contributed by atoms with E-state index >= 15 is 0 Å². The average Bonchev–Trinajstić information content (AvgIpc) is 2.80. The Morgan fingerprint density at radius 2 is 0.935 bits per heavy atom. The molecule has 0 aromatic heterocycles. The molecule has 0 unspecified atom stereocenters. The number of hydrogen-bond acceptors (Lipinski definition) is 3. The van der Waals surface area contributed by atoms with E-state index in [1.165, 1.54) is 0 Å². The first-order valence-corrected chi connectivity index (χ1v) is 10.4. The lowest BCUT2D eigenvalue weighted by atomic mass is 9.61. The van der Waals surface area contributed by atoms with E-state index in [0.717, 1.165) is 33.4 Å². The smallest absolute Gasteiger partial charge is 0.193 e. The molecule has 5 rings (SSSR count). The van der Waals surface area contributed by atoms with Crippen molar-refractivity contribution in [1.29, 1.82) is 0 Å². The molecule has 1 aliphatic rings. The van der Waals surface area contributed by atoms with Crippen molar-refractivity contribution < 1.29 is 15.0 Å². The molecule has 31 heavy (non-hydrogen) atoms. The van der Waals surface area contributed by atoms with E-state index in [9.17, 15) is 15.0 Å². The zero-order valence-electron chi connectivity index (χ0n) is 17.0. The second-order valence-corrected chi connectivity index (χ2v) is 8.19. The first kappa shape index (κ1) is 19.1. The summed E-state index contributed by atoms with van der Waals surface area (Å²) in [6.45, 7) is 0. The van der Waals surface area contributed by atoms with Gasteiger partial charge in [-0.1, -0.05) is 72.8 Å². The Labute approximate surface area is 181 Å². The molecule has 0 amide bonds. The summed E-state index contributed by atoms with van der Waals surface area (Å²) >= 11 is 0. The molecule has 0 fully saturated rings. The zero-order chi connectivity index (χ0) is 21.4. The standard InChI is InChI=1S/C28H22O3/c29-21-13-9-19(10-14-21)17-28(18-20-11-15-22(30)16-12-20)25-7-3-1-5-23(25)27(31)24-6-2-4-8-26(24)28/h1-16,29-30H,17-18H2. The topological polar surface area (TPSA) is 57.5 Å². The van der Waals surface area contributed by atoms with Crippen LogP contribution in [0.25, 0.3) is 0 Å². The Morgan fingerprint density at radius 3 is 1.35 bits per heavy atom. The molecule has 3 nitrogen and oxygen atoms in total. The van der Waals surface area contributed by atoms with Crippen molar-refractivity contribution in [2.24, 2.45) is 0 Å². The first-order chi connectivity index (χ1) is 15.1. The van der Waals surface area contributed by atoms with E-state index in [4.69, 9.17) is 0 Å². The lowest BCUT2D eigenvalue weighted by Crippen LogP contribution is -2.39. The average molecular weight is 406 g/mol. The molecule has 0 saturated heterocycles. The summed E-state index contributed by atoms with van der Waals surface area (Å²) in [7, 11) is 0. The van der Waals surface area contributed by atoms with Crippen LogP contribution in [0.1, 0.15) is 38.2 Å². The number of fused-ring (bicyclic) bond motifs is 2. The third-order valence-electron chi connectivity index (χ3n) is 6.26. The van der Waals surface area contributed by atoms with E-state index in [0.29, 0.717) is 12.8 Å². The van der Waals surface area contributed by atoms with Crippen LogP contribution >= 0.6 is 0 Å². The minimum absolute atomic E-state index is 0.0539. The summed E-state index contributed by atoms with van der Waals surface area (Å²) in [5.41, 5.74) is 5.19. The van der Waals surface area contributed by atoms with Crippen LogP contribution in [-0.2, 0) is 18.3 Å². The fourth-order valence-electron chi connectivity index (χ4n) is 4.85. The molecule has 0 bridgehead atoms. The highest BCUT2D eigenvalue weighted by Crippen LogP contribution is 2.46. The van der Waals surface area contributed by atoms with Gasteiger partial charge in [-0.25, -0.2) is 0 Å². The molecule has 4 aromatic carbocycles. The number of benzene rings is 4. The van der Waals surface area contributed by atoms with Gasteiger partial charge >= 0.3 is 0 Å². The molecular formula is C28H22O3. The fourth-order valence-corrected chi connectivity index (χ4v) is 4.85. The van der Waals surface area contributed by atoms with Crippen molar-refractivity contribution in [2.75, 3.05) is 0 Å². The van der Waals surface area contributed by atoms with Gasteiger partial charge in [-0.15, -0.1) is 0 Å². The molecule has 2 N–H and O–H groups in total. The highest BCUT2D eigenvalue weighted by molar-refractivity contribution is 6.13. The Bertz CT molecular complexity index is 1160. The molecule has 4 aromatic rings. The predicted molar refractivity (Wildman–Crippen MR) is 121 cm³/mol. The van der Waals surface area contributed by atoms with Crippen molar-refractivity contribution in [2.45, 2.75) is 18.3 Å². The summed E-state index contributed by atoms with van der Waals surface area (Å²) in [6.07, 6.45) is 1.35. The van der Waals surface area contributed by atoms with Crippen LogP contribution in [0.5, 0.6) is 11.5 Å². The first-order valence-electron chi connectivity index (χ1n) is 10.4. The van der Waals surface area contributed by atoms with Gasteiger partial charge in [0.2, 0.25) is 0 Å². The quantitative estimate of drug-likeness (QED) is 0.476. The summed E-state index contributed by atoms with van der Waals surface area (Å²) in [4.78, 5) is 13.3. The molecule has 0 saturated carbocycles. The third-order valence-corrected chi connectivity index (χ3v) is 6.26. The molecule has 3 heteroatoms. The van der Waals surface area contributed by atoms with Crippen LogP contribution in [0.4, 0.5) is 0 Å². The minimum Gasteiger partial charge on any atom is -0.508 e. The Kier molecular flexibility index (Phi) is 4.59. The van der Waals surface area contributed by atoms with E-state index in [1.54, 1.807) is 24.3 Å². The fraction of sp³-hybridized carbons (Fsp3) is 0.107. The Balaban J connectivity index is 1.76. The van der Waals surface area contributed by atoms with Gasteiger partial charge in [-0.3, -0.25) is 4.79 Å². The maximum absolute atomic E-state index is 13.3. The molecule has 0 aliphatic heterocycles. The number of ketones is 1. The van der Waals surface area contributed by atoms with Crippen LogP contribution in [0.2, 0.25) is 0 Å². The SMILES string of the molecule is O=C1c2ccccc2C(Cc2ccc(O)cc2)(Cc2ccc(O)cc2)c2ccccc21. The molecule has 0 spiro atoms. The number of phenolic OH excluding ortho intramolecular Hbond substituents is 2. The van der Waals surface area contributed by atoms with Gasteiger partial charge in [0.15, 0.2) is 5.78 Å². The van der Waals surface area contributed by atoms with Gasteiger partial charge in [0.25, 0.3) is 0 Å². The van der Waals surface area contributed by atoms with Crippen molar-refractivity contribution in [3.05, 3.63) is 130 Å². The zero-order valence-corrected chi connectivity index (χ0v) is 17.0. The molecular weight excluding hydrogens is 384 g/mol. The number of carbonyl (C=O) groups is 1. The van der Waals surface area contributed by atoms with Gasteiger partial charge in [-0.05, 0) is 59.4 Å². The maximum Gasteiger partial charge on any atom is 0.193 e. The van der Waals surface area contributed by atoms with Crippen LogP contribution in [-0.4, -0.2) is 16.0 Å². The second kappa shape index (κ2) is 7.44. The van der Waals surface area contributed by atoms with Crippen molar-refractivity contribution in [3.63, 3.8) is 0 Å². The second-order valence-electron chi connectivity index (χ2n) is 8.19. The van der Waals surface area contributed by atoms with E-state index in [-0.39, 0.29) is 17.3 Å². The molecule has 0 heterocycles. The monoisotopic (exact) mass is 406 g/mol. The van der Waals surface area contributed by atoms with Crippen molar-refractivity contribution >= 4 is 5.78 Å². The molecule has 0 atom stereocenters. The van der Waals surface area contributed by atoms with Gasteiger partial charge in [0.05, 0.1) is 0 Å². The largest absolute Gasteiger partial charge is 0.508 e. The highest BCUT2D eigenvalue weighted by Gasteiger charge is 2.43. The summed E-state index contributed by atoms with van der Waals surface area (Å²) < 4.78 is 0. The molecule has 152 valence electrons. The van der Waals surface area contributed by atoms with Gasteiger partial charge in [0.1, 0.15) is 11.5 Å².